The van der Waals surface area contributed by atoms with Crippen molar-refractivity contribution in [1.82, 2.24) is 9.38 Å². The summed E-state index contributed by atoms with van der Waals surface area (Å²) in [5.41, 5.74) is 4.95. The fourth-order valence-electron chi connectivity index (χ4n) is 3.22. The molecule has 2 aromatic heterocycles. The Morgan fingerprint density at radius 3 is 2.71 bits per heavy atom. The zero-order valence-electron chi connectivity index (χ0n) is 11.9. The van der Waals surface area contributed by atoms with Crippen molar-refractivity contribution in [3.05, 3.63) is 71.2 Å². The lowest BCUT2D eigenvalue weighted by Gasteiger charge is -2.21. The third-order valence-electron chi connectivity index (χ3n) is 4.25. The number of rotatable bonds is 1. The number of aromatic nitrogens is 2. The third kappa shape index (κ3) is 1.97. The van der Waals surface area contributed by atoms with E-state index in [1.54, 1.807) is 0 Å². The molecule has 1 atom stereocenters. The number of pyridine rings is 1. The Balaban J connectivity index is 1.82. The van der Waals surface area contributed by atoms with E-state index in [0.717, 1.165) is 29.0 Å². The summed E-state index contributed by atoms with van der Waals surface area (Å²) in [4.78, 5) is 17.3. The van der Waals surface area contributed by atoms with Gasteiger partial charge in [0.2, 0.25) is 0 Å². The van der Waals surface area contributed by atoms with E-state index in [4.69, 9.17) is 0 Å². The van der Waals surface area contributed by atoms with Crippen LogP contribution < -0.4 is 0 Å². The first-order chi connectivity index (χ1) is 10.2. The molecule has 0 aliphatic heterocycles. The molecule has 0 spiro atoms. The van der Waals surface area contributed by atoms with E-state index in [1.807, 2.05) is 47.9 Å². The fraction of sp³-hybridized carbons (Fsp3) is 0.222. The van der Waals surface area contributed by atoms with Crippen LogP contribution in [0.4, 0.5) is 0 Å². The topological polar surface area (TPSA) is 34.4 Å². The molecule has 1 unspecified atom stereocenters. The predicted octanol–water partition coefficient (Wildman–Crippen LogP) is 3.56. The molecule has 1 aliphatic rings. The summed E-state index contributed by atoms with van der Waals surface area (Å²) >= 11 is 0. The first-order valence-electron chi connectivity index (χ1n) is 7.28. The number of Topliss-reactive ketones (excluding diaryl/α,β-unsaturated/α-hetero) is 1. The van der Waals surface area contributed by atoms with E-state index in [-0.39, 0.29) is 11.7 Å². The molecule has 104 valence electrons. The number of carbonyl (C=O) groups is 1. The van der Waals surface area contributed by atoms with E-state index < -0.39 is 0 Å². The van der Waals surface area contributed by atoms with Gasteiger partial charge in [0.15, 0.2) is 5.78 Å². The van der Waals surface area contributed by atoms with Crippen molar-refractivity contribution in [2.24, 2.45) is 0 Å². The second-order valence-electron chi connectivity index (χ2n) is 5.78. The highest BCUT2D eigenvalue weighted by molar-refractivity contribution is 5.98. The number of carbonyl (C=O) groups excluding carboxylic acids is 1. The Hall–Kier alpha value is -2.42. The van der Waals surface area contributed by atoms with Crippen LogP contribution in [0.2, 0.25) is 0 Å². The van der Waals surface area contributed by atoms with Crippen LogP contribution in [-0.2, 0) is 6.42 Å². The molecule has 0 saturated carbocycles. The van der Waals surface area contributed by atoms with E-state index >= 15 is 0 Å². The van der Waals surface area contributed by atoms with Gasteiger partial charge in [-0.05, 0) is 36.5 Å². The maximum atomic E-state index is 12.6. The van der Waals surface area contributed by atoms with Crippen molar-refractivity contribution in [2.45, 2.75) is 25.7 Å². The van der Waals surface area contributed by atoms with Crippen LogP contribution in [0.1, 0.15) is 39.6 Å². The summed E-state index contributed by atoms with van der Waals surface area (Å²) in [7, 11) is 0. The van der Waals surface area contributed by atoms with Gasteiger partial charge in [0.25, 0.3) is 0 Å². The van der Waals surface area contributed by atoms with Gasteiger partial charge < -0.3 is 0 Å². The smallest absolute Gasteiger partial charge is 0.182 e. The van der Waals surface area contributed by atoms with E-state index in [9.17, 15) is 4.79 Å². The van der Waals surface area contributed by atoms with Crippen LogP contribution in [0.5, 0.6) is 0 Å². The Kier molecular flexibility index (Phi) is 2.67. The summed E-state index contributed by atoms with van der Waals surface area (Å²) in [6.07, 6.45) is 3.41. The summed E-state index contributed by atoms with van der Waals surface area (Å²) in [6, 6.07) is 14.3. The minimum atomic E-state index is 0.197. The predicted molar refractivity (Wildman–Crippen MR) is 81.8 cm³/mol. The van der Waals surface area contributed by atoms with Gasteiger partial charge in [0, 0.05) is 12.6 Å². The molecule has 1 aliphatic carbocycles. The maximum Gasteiger partial charge on any atom is 0.182 e. The molecule has 3 heteroatoms. The monoisotopic (exact) mass is 276 g/mol. The number of ketones is 1. The van der Waals surface area contributed by atoms with Crippen molar-refractivity contribution in [2.75, 3.05) is 0 Å². The normalized spacial score (nSPS) is 18.0. The Morgan fingerprint density at radius 2 is 1.90 bits per heavy atom. The third-order valence-corrected chi connectivity index (χ3v) is 4.25. The van der Waals surface area contributed by atoms with E-state index in [0.29, 0.717) is 6.42 Å². The first kappa shape index (κ1) is 12.3. The molecule has 0 bridgehead atoms. The number of aryl methyl sites for hydroxylation is 1. The molecule has 2 heterocycles. The SMILES string of the molecule is Cc1ccc2nc3c(n2c1)C(=O)CC(c1ccccc1)C3. The molecule has 0 radical (unpaired) electrons. The molecular weight excluding hydrogens is 260 g/mol. The van der Waals surface area contributed by atoms with Crippen LogP contribution in [0.15, 0.2) is 48.7 Å². The summed E-state index contributed by atoms with van der Waals surface area (Å²) in [5.74, 6) is 0.445. The van der Waals surface area contributed by atoms with E-state index in [1.165, 1.54) is 5.56 Å². The Morgan fingerprint density at radius 1 is 1.10 bits per heavy atom. The number of imidazole rings is 1. The second kappa shape index (κ2) is 4.55. The van der Waals surface area contributed by atoms with Gasteiger partial charge in [-0.3, -0.25) is 9.20 Å². The summed E-state index contributed by atoms with van der Waals surface area (Å²) in [6.45, 7) is 2.03. The lowest BCUT2D eigenvalue weighted by Crippen LogP contribution is -2.19. The van der Waals surface area contributed by atoms with Crippen molar-refractivity contribution >= 4 is 11.4 Å². The molecule has 0 N–H and O–H groups in total. The van der Waals surface area contributed by atoms with Crippen LogP contribution in [0, 0.1) is 6.92 Å². The number of benzene rings is 1. The molecule has 0 amide bonds. The Labute approximate surface area is 123 Å². The highest BCUT2D eigenvalue weighted by Gasteiger charge is 2.30. The van der Waals surface area contributed by atoms with Crippen molar-refractivity contribution < 1.29 is 4.79 Å². The molecule has 0 fully saturated rings. The molecule has 1 aromatic carbocycles. The zero-order chi connectivity index (χ0) is 14.4. The van der Waals surface area contributed by atoms with Crippen LogP contribution in [0.3, 0.4) is 0 Å². The molecule has 3 nitrogen and oxygen atoms in total. The van der Waals surface area contributed by atoms with Gasteiger partial charge in [-0.15, -0.1) is 0 Å². The second-order valence-corrected chi connectivity index (χ2v) is 5.78. The highest BCUT2D eigenvalue weighted by atomic mass is 16.1. The van der Waals surface area contributed by atoms with Crippen molar-refractivity contribution in [3.63, 3.8) is 0 Å². The molecule has 4 rings (SSSR count). The molecule has 3 aromatic rings. The van der Waals surface area contributed by atoms with Gasteiger partial charge in [-0.2, -0.15) is 0 Å². The largest absolute Gasteiger partial charge is 0.297 e. The average molecular weight is 276 g/mol. The van der Waals surface area contributed by atoms with Crippen molar-refractivity contribution in [3.8, 4) is 0 Å². The van der Waals surface area contributed by atoms with Gasteiger partial charge in [-0.1, -0.05) is 36.4 Å². The van der Waals surface area contributed by atoms with Gasteiger partial charge in [0.1, 0.15) is 11.3 Å². The first-order valence-corrected chi connectivity index (χ1v) is 7.28. The molecule has 21 heavy (non-hydrogen) atoms. The van der Waals surface area contributed by atoms with Gasteiger partial charge in [0.05, 0.1) is 5.69 Å². The quantitative estimate of drug-likeness (QED) is 0.681. The average Bonchev–Trinajstić information content (AvgIpc) is 2.86. The number of hydrogen-bond acceptors (Lipinski definition) is 2. The van der Waals surface area contributed by atoms with Crippen LogP contribution in [0.25, 0.3) is 5.65 Å². The highest BCUT2D eigenvalue weighted by Crippen LogP contribution is 2.32. The van der Waals surface area contributed by atoms with Gasteiger partial charge >= 0.3 is 0 Å². The number of nitrogens with zero attached hydrogens (tertiary/aromatic N) is 2. The van der Waals surface area contributed by atoms with E-state index in [2.05, 4.69) is 17.1 Å². The minimum Gasteiger partial charge on any atom is -0.297 e. The molecule has 0 saturated heterocycles. The minimum absolute atomic E-state index is 0.197. The number of hydrogen-bond donors (Lipinski definition) is 0. The summed E-state index contributed by atoms with van der Waals surface area (Å²) in [5, 5.41) is 0. The van der Waals surface area contributed by atoms with Crippen molar-refractivity contribution in [1.29, 1.82) is 0 Å². The van der Waals surface area contributed by atoms with Crippen LogP contribution in [-0.4, -0.2) is 15.2 Å². The lowest BCUT2D eigenvalue weighted by molar-refractivity contribution is 0.0958. The molecular formula is C18H16N2O. The van der Waals surface area contributed by atoms with Crippen LogP contribution >= 0.6 is 0 Å². The summed E-state index contributed by atoms with van der Waals surface area (Å²) < 4.78 is 1.95. The standard InChI is InChI=1S/C18H16N2O/c1-12-7-8-17-19-15-9-14(13-5-3-2-4-6-13)10-16(21)18(15)20(17)11-12/h2-8,11,14H,9-10H2,1H3. The maximum absolute atomic E-state index is 12.6. The van der Waals surface area contributed by atoms with Gasteiger partial charge in [-0.25, -0.2) is 4.98 Å². The lowest BCUT2D eigenvalue weighted by atomic mass is 9.84. The zero-order valence-corrected chi connectivity index (χ0v) is 11.9. The Bertz CT molecular complexity index is 833. The fourth-order valence-corrected chi connectivity index (χ4v) is 3.22. The number of fused-ring (bicyclic) bond motifs is 3.